The van der Waals surface area contributed by atoms with Gasteiger partial charge in [-0.3, -0.25) is 0 Å². The number of hydrogen-bond donors (Lipinski definition) is 2. The summed E-state index contributed by atoms with van der Waals surface area (Å²) in [5.74, 6) is 2.98. The maximum Gasteiger partial charge on any atom is 0.214 e. The van der Waals surface area contributed by atoms with Crippen LogP contribution in [-0.4, -0.2) is 30.1 Å². The van der Waals surface area contributed by atoms with Crippen LogP contribution in [0.1, 0.15) is 44.2 Å². The summed E-state index contributed by atoms with van der Waals surface area (Å²) >= 11 is 0. The Morgan fingerprint density at radius 1 is 1.06 bits per heavy atom. The van der Waals surface area contributed by atoms with Gasteiger partial charge >= 0.3 is 0 Å². The first-order valence-corrected chi connectivity index (χ1v) is 12.6. The number of nitrogen functional groups attached to an aromatic ring is 1. The van der Waals surface area contributed by atoms with Crippen molar-refractivity contribution in [1.82, 2.24) is 14.6 Å². The minimum Gasteiger partial charge on any atom is -0.384 e. The summed E-state index contributed by atoms with van der Waals surface area (Å²) in [6, 6.07) is 10.4. The number of hydrogen-bond acceptors (Lipinski definition) is 6. The highest BCUT2D eigenvalue weighted by atomic mass is 32.2. The molecule has 7 rings (SSSR count). The molecule has 0 amide bonds. The lowest BCUT2D eigenvalue weighted by Gasteiger charge is -2.56. The molecule has 7 nitrogen and oxygen atoms in total. The summed E-state index contributed by atoms with van der Waals surface area (Å²) in [5.41, 5.74) is 7.72. The molecular formula is C23H27N5O2S. The van der Waals surface area contributed by atoms with Gasteiger partial charge in [-0.1, -0.05) is 18.2 Å². The van der Waals surface area contributed by atoms with Crippen molar-refractivity contribution in [3.63, 3.8) is 0 Å². The molecule has 4 bridgehead atoms. The van der Waals surface area contributed by atoms with Crippen molar-refractivity contribution in [2.24, 2.45) is 17.8 Å². The Morgan fingerprint density at radius 2 is 1.68 bits per heavy atom. The van der Waals surface area contributed by atoms with E-state index in [4.69, 9.17) is 10.7 Å². The Bertz CT molecular complexity index is 1250. The second-order valence-corrected chi connectivity index (χ2v) is 11.6. The number of nitrogens with zero attached hydrogens (tertiary/aromatic N) is 3. The third kappa shape index (κ3) is 2.73. The summed E-state index contributed by atoms with van der Waals surface area (Å²) in [4.78, 5) is 5.31. The van der Waals surface area contributed by atoms with Crippen LogP contribution in [0.3, 0.4) is 0 Å². The standard InChI is InChI=1S/C23H27N5O2S/c1-25-21-20(31(29,30)17-5-3-2-4-6-17)22-26-18(10-19(24)28(22)27-21)23-11-14-7-15(12-23)9-16(8-14)13-23/h2-6,10,14-16H,7-9,11-13,24H2,1H3,(H,25,27). The second kappa shape index (κ2) is 6.45. The van der Waals surface area contributed by atoms with Gasteiger partial charge in [0.25, 0.3) is 0 Å². The number of fused-ring (bicyclic) bond motifs is 1. The van der Waals surface area contributed by atoms with Crippen LogP contribution in [-0.2, 0) is 15.3 Å². The fraction of sp³-hybridized carbons (Fsp3) is 0.478. The molecule has 0 atom stereocenters. The SMILES string of the molecule is CNc1nn2c(N)cc(C34CC5CC(CC(C5)C3)C4)nc2c1S(=O)(=O)c1ccccc1. The first kappa shape index (κ1) is 19.1. The van der Waals surface area contributed by atoms with Gasteiger partial charge in [0.15, 0.2) is 16.4 Å². The molecule has 0 spiro atoms. The number of nitrogens with one attached hydrogen (secondary N) is 1. The van der Waals surface area contributed by atoms with Crippen molar-refractivity contribution in [2.75, 3.05) is 18.1 Å². The third-order valence-electron chi connectivity index (χ3n) is 7.71. The molecule has 4 aliphatic carbocycles. The van der Waals surface area contributed by atoms with Crippen molar-refractivity contribution in [3.8, 4) is 0 Å². The average Bonchev–Trinajstić information content (AvgIpc) is 3.14. The molecule has 0 saturated heterocycles. The third-order valence-corrected chi connectivity index (χ3v) is 9.52. The van der Waals surface area contributed by atoms with Crippen LogP contribution >= 0.6 is 0 Å². The molecule has 3 N–H and O–H groups in total. The number of benzene rings is 1. The van der Waals surface area contributed by atoms with Crippen LogP contribution < -0.4 is 11.1 Å². The van der Waals surface area contributed by atoms with E-state index in [1.807, 2.05) is 6.07 Å². The molecule has 2 aromatic heterocycles. The first-order chi connectivity index (χ1) is 14.9. The number of anilines is 2. The zero-order chi connectivity index (χ0) is 21.4. The summed E-state index contributed by atoms with van der Waals surface area (Å²) in [6.45, 7) is 0. The molecule has 4 aliphatic rings. The highest BCUT2D eigenvalue weighted by Gasteiger charge is 2.52. The van der Waals surface area contributed by atoms with Crippen molar-refractivity contribution in [3.05, 3.63) is 42.1 Å². The van der Waals surface area contributed by atoms with Crippen molar-refractivity contribution >= 4 is 27.1 Å². The molecule has 31 heavy (non-hydrogen) atoms. The van der Waals surface area contributed by atoms with Gasteiger partial charge in [0.2, 0.25) is 9.84 Å². The fourth-order valence-corrected chi connectivity index (χ4v) is 8.37. The van der Waals surface area contributed by atoms with Gasteiger partial charge in [0.05, 0.1) is 10.6 Å². The maximum absolute atomic E-state index is 13.6. The van der Waals surface area contributed by atoms with E-state index in [1.54, 1.807) is 37.4 Å². The maximum atomic E-state index is 13.6. The zero-order valence-electron chi connectivity index (χ0n) is 17.6. The summed E-state index contributed by atoms with van der Waals surface area (Å²) in [6.07, 6.45) is 7.41. The van der Waals surface area contributed by atoms with Gasteiger partial charge in [-0.25, -0.2) is 13.4 Å². The van der Waals surface area contributed by atoms with E-state index >= 15 is 0 Å². The van der Waals surface area contributed by atoms with E-state index < -0.39 is 9.84 Å². The van der Waals surface area contributed by atoms with Crippen molar-refractivity contribution < 1.29 is 8.42 Å². The number of sulfone groups is 1. The Morgan fingerprint density at radius 3 is 2.26 bits per heavy atom. The smallest absolute Gasteiger partial charge is 0.214 e. The number of rotatable bonds is 4. The van der Waals surface area contributed by atoms with Gasteiger partial charge in [-0.2, -0.15) is 4.52 Å². The molecule has 3 aromatic rings. The predicted octanol–water partition coefficient (Wildman–Crippen LogP) is 3.65. The zero-order valence-corrected chi connectivity index (χ0v) is 18.4. The monoisotopic (exact) mass is 437 g/mol. The summed E-state index contributed by atoms with van der Waals surface area (Å²) in [5, 5.41) is 7.39. The largest absolute Gasteiger partial charge is 0.384 e. The first-order valence-electron chi connectivity index (χ1n) is 11.1. The molecule has 1 aromatic carbocycles. The molecule has 4 saturated carbocycles. The predicted molar refractivity (Wildman–Crippen MR) is 119 cm³/mol. The Hall–Kier alpha value is -2.61. The average molecular weight is 438 g/mol. The quantitative estimate of drug-likeness (QED) is 0.646. The lowest BCUT2D eigenvalue weighted by molar-refractivity contribution is -0.00712. The van der Waals surface area contributed by atoms with Crippen LogP contribution in [0.5, 0.6) is 0 Å². The lowest BCUT2D eigenvalue weighted by atomic mass is 9.49. The molecule has 8 heteroatoms. The highest BCUT2D eigenvalue weighted by molar-refractivity contribution is 7.91. The van der Waals surface area contributed by atoms with E-state index in [0.717, 1.165) is 42.7 Å². The molecule has 4 fully saturated rings. The van der Waals surface area contributed by atoms with Gasteiger partial charge in [0.1, 0.15) is 5.82 Å². The van der Waals surface area contributed by atoms with Gasteiger partial charge in [0, 0.05) is 18.5 Å². The normalized spacial score (nSPS) is 29.5. The molecule has 2 heterocycles. The van der Waals surface area contributed by atoms with Crippen LogP contribution in [0.15, 0.2) is 46.2 Å². The van der Waals surface area contributed by atoms with Crippen LogP contribution in [0, 0.1) is 17.8 Å². The Kier molecular flexibility index (Phi) is 3.97. The highest BCUT2D eigenvalue weighted by Crippen LogP contribution is 2.60. The molecule has 0 radical (unpaired) electrons. The summed E-state index contributed by atoms with van der Waals surface area (Å²) < 4.78 is 28.6. The molecular weight excluding hydrogens is 410 g/mol. The minimum atomic E-state index is -3.82. The molecule has 162 valence electrons. The van der Waals surface area contributed by atoms with E-state index in [0.29, 0.717) is 11.5 Å². The van der Waals surface area contributed by atoms with Gasteiger partial charge in [-0.05, 0) is 68.4 Å². The minimum absolute atomic E-state index is 0.0163. The van der Waals surface area contributed by atoms with Crippen LogP contribution in [0.2, 0.25) is 0 Å². The van der Waals surface area contributed by atoms with Gasteiger partial charge in [-0.15, -0.1) is 5.10 Å². The number of nitrogens with two attached hydrogens (primary N) is 1. The van der Waals surface area contributed by atoms with Crippen LogP contribution in [0.4, 0.5) is 11.6 Å². The topological polar surface area (TPSA) is 102 Å². The van der Waals surface area contributed by atoms with Crippen molar-refractivity contribution in [1.29, 1.82) is 0 Å². The fourth-order valence-electron chi connectivity index (χ4n) is 6.85. The van der Waals surface area contributed by atoms with E-state index in [2.05, 4.69) is 10.4 Å². The second-order valence-electron chi connectivity index (χ2n) is 9.74. The van der Waals surface area contributed by atoms with Crippen molar-refractivity contribution in [2.45, 2.75) is 53.7 Å². The van der Waals surface area contributed by atoms with Gasteiger partial charge < -0.3 is 11.1 Å². The summed E-state index contributed by atoms with van der Waals surface area (Å²) in [7, 11) is -2.15. The van der Waals surface area contributed by atoms with E-state index in [9.17, 15) is 8.42 Å². The Labute approximate surface area is 182 Å². The number of aromatic nitrogens is 3. The lowest BCUT2D eigenvalue weighted by Crippen LogP contribution is -2.49. The van der Waals surface area contributed by atoms with E-state index in [1.165, 1.54) is 23.8 Å². The Balaban J connectivity index is 1.57. The molecule has 0 unspecified atom stereocenters. The van der Waals surface area contributed by atoms with E-state index in [-0.39, 0.29) is 21.0 Å². The van der Waals surface area contributed by atoms with Crippen LogP contribution in [0.25, 0.3) is 5.65 Å². The molecule has 0 aliphatic heterocycles.